The Morgan fingerprint density at radius 3 is 2.17 bits per heavy atom. The van der Waals surface area contributed by atoms with Gasteiger partial charge >= 0.3 is 0 Å². The maximum Gasteiger partial charge on any atom is 0.261 e. The summed E-state index contributed by atoms with van der Waals surface area (Å²) in [4.78, 5) is 23.7. The average Bonchev–Trinajstić information content (AvgIpc) is 2.73. The number of carbonyl (C=O) groups excluding carboxylic acids is 2. The van der Waals surface area contributed by atoms with E-state index in [0.29, 0.717) is 16.8 Å². The molecule has 3 aromatic carbocycles. The zero-order valence-corrected chi connectivity index (χ0v) is 16.1. The number of anilines is 1. The SMILES string of the molecule is NC(=O)c1cccc(CNC(=O)c2ccc(NS(=O)(=O)c3ccccc3)cc2)c1. The van der Waals surface area contributed by atoms with Crippen molar-refractivity contribution in [3.63, 3.8) is 0 Å². The van der Waals surface area contributed by atoms with Crippen LogP contribution < -0.4 is 15.8 Å². The molecule has 7 nitrogen and oxygen atoms in total. The Morgan fingerprint density at radius 2 is 1.52 bits per heavy atom. The smallest absolute Gasteiger partial charge is 0.261 e. The van der Waals surface area contributed by atoms with Gasteiger partial charge in [-0.2, -0.15) is 0 Å². The fraction of sp³-hybridized carbons (Fsp3) is 0.0476. The van der Waals surface area contributed by atoms with Gasteiger partial charge in [-0.3, -0.25) is 14.3 Å². The van der Waals surface area contributed by atoms with E-state index in [1.54, 1.807) is 42.5 Å². The molecule has 4 N–H and O–H groups in total. The third kappa shape index (κ3) is 5.20. The molecule has 0 saturated heterocycles. The summed E-state index contributed by atoms with van der Waals surface area (Å²) < 4.78 is 27.1. The molecule has 0 aliphatic carbocycles. The monoisotopic (exact) mass is 409 g/mol. The average molecular weight is 409 g/mol. The van der Waals surface area contributed by atoms with Crippen molar-refractivity contribution >= 4 is 27.5 Å². The molecule has 0 fully saturated rings. The molecule has 3 rings (SSSR count). The van der Waals surface area contributed by atoms with Crippen LogP contribution in [0.2, 0.25) is 0 Å². The molecule has 0 radical (unpaired) electrons. The van der Waals surface area contributed by atoms with Crippen molar-refractivity contribution in [3.05, 3.63) is 95.6 Å². The largest absolute Gasteiger partial charge is 0.366 e. The molecule has 148 valence electrons. The van der Waals surface area contributed by atoms with Gasteiger partial charge in [-0.25, -0.2) is 8.42 Å². The Morgan fingerprint density at radius 1 is 0.828 bits per heavy atom. The van der Waals surface area contributed by atoms with E-state index in [9.17, 15) is 18.0 Å². The van der Waals surface area contributed by atoms with Gasteiger partial charge < -0.3 is 11.1 Å². The predicted molar refractivity (Wildman–Crippen MR) is 110 cm³/mol. The fourth-order valence-corrected chi connectivity index (χ4v) is 3.70. The highest BCUT2D eigenvalue weighted by Gasteiger charge is 2.14. The maximum absolute atomic E-state index is 12.3. The first kappa shape index (κ1) is 20.1. The van der Waals surface area contributed by atoms with E-state index in [1.165, 1.54) is 36.4 Å². The zero-order valence-electron chi connectivity index (χ0n) is 15.3. The highest BCUT2D eigenvalue weighted by Crippen LogP contribution is 2.16. The van der Waals surface area contributed by atoms with Gasteiger partial charge in [0.15, 0.2) is 0 Å². The van der Waals surface area contributed by atoms with Crippen LogP contribution in [0.1, 0.15) is 26.3 Å². The lowest BCUT2D eigenvalue weighted by Crippen LogP contribution is -2.23. The topological polar surface area (TPSA) is 118 Å². The molecule has 0 aliphatic heterocycles. The normalized spacial score (nSPS) is 10.9. The van der Waals surface area contributed by atoms with Crippen LogP contribution in [0.3, 0.4) is 0 Å². The van der Waals surface area contributed by atoms with Gasteiger partial charge in [0.05, 0.1) is 4.90 Å². The van der Waals surface area contributed by atoms with E-state index in [1.807, 2.05) is 0 Å². The Bertz CT molecular complexity index is 1130. The summed E-state index contributed by atoms with van der Waals surface area (Å²) >= 11 is 0. The number of hydrogen-bond acceptors (Lipinski definition) is 4. The first-order valence-electron chi connectivity index (χ1n) is 8.70. The molecule has 29 heavy (non-hydrogen) atoms. The van der Waals surface area contributed by atoms with Gasteiger partial charge in [0.25, 0.3) is 15.9 Å². The molecule has 0 aliphatic rings. The van der Waals surface area contributed by atoms with E-state index in [2.05, 4.69) is 10.0 Å². The predicted octanol–water partition coefficient (Wildman–Crippen LogP) is 2.52. The van der Waals surface area contributed by atoms with E-state index in [4.69, 9.17) is 5.73 Å². The van der Waals surface area contributed by atoms with Gasteiger partial charge in [0, 0.05) is 23.4 Å². The molecular formula is C21H19N3O4S. The molecular weight excluding hydrogens is 390 g/mol. The number of amides is 2. The number of nitrogens with one attached hydrogen (secondary N) is 2. The van der Waals surface area contributed by atoms with Crippen molar-refractivity contribution in [3.8, 4) is 0 Å². The minimum atomic E-state index is -3.69. The Hall–Kier alpha value is -3.65. The Labute approximate surface area is 168 Å². The molecule has 0 unspecified atom stereocenters. The minimum Gasteiger partial charge on any atom is -0.366 e. The van der Waals surface area contributed by atoms with Gasteiger partial charge in [-0.05, 0) is 54.1 Å². The highest BCUT2D eigenvalue weighted by molar-refractivity contribution is 7.92. The van der Waals surface area contributed by atoms with Crippen LogP contribution in [0.25, 0.3) is 0 Å². The summed E-state index contributed by atoms with van der Waals surface area (Å²) in [5.74, 6) is -0.862. The minimum absolute atomic E-state index is 0.153. The third-order valence-electron chi connectivity index (χ3n) is 4.12. The summed E-state index contributed by atoms with van der Waals surface area (Å²) in [5.41, 5.74) is 7.08. The number of hydrogen-bond donors (Lipinski definition) is 3. The summed E-state index contributed by atoms with van der Waals surface area (Å²) in [6, 6.07) is 20.8. The first-order chi connectivity index (χ1) is 13.8. The number of nitrogens with two attached hydrogens (primary N) is 1. The summed E-state index contributed by atoms with van der Waals surface area (Å²) in [5, 5.41) is 2.75. The Kier molecular flexibility index (Phi) is 5.94. The number of carbonyl (C=O) groups is 2. The quantitative estimate of drug-likeness (QED) is 0.555. The molecule has 0 heterocycles. The second-order valence-corrected chi connectivity index (χ2v) is 7.93. The van der Waals surface area contributed by atoms with E-state index in [-0.39, 0.29) is 17.3 Å². The molecule has 0 spiro atoms. The highest BCUT2D eigenvalue weighted by atomic mass is 32.2. The molecule has 3 aromatic rings. The van der Waals surface area contributed by atoms with Crippen molar-refractivity contribution in [1.82, 2.24) is 5.32 Å². The third-order valence-corrected chi connectivity index (χ3v) is 5.51. The van der Waals surface area contributed by atoms with Crippen molar-refractivity contribution < 1.29 is 18.0 Å². The van der Waals surface area contributed by atoms with Crippen molar-refractivity contribution in [2.24, 2.45) is 5.73 Å². The molecule has 0 saturated carbocycles. The van der Waals surface area contributed by atoms with Crippen molar-refractivity contribution in [2.75, 3.05) is 4.72 Å². The first-order valence-corrected chi connectivity index (χ1v) is 10.2. The second kappa shape index (κ2) is 8.57. The number of rotatable bonds is 7. The lowest BCUT2D eigenvalue weighted by molar-refractivity contribution is 0.0950. The van der Waals surface area contributed by atoms with E-state index in [0.717, 1.165) is 5.56 Å². The van der Waals surface area contributed by atoms with Crippen molar-refractivity contribution in [1.29, 1.82) is 0 Å². The van der Waals surface area contributed by atoms with Gasteiger partial charge in [-0.15, -0.1) is 0 Å². The summed E-state index contributed by atoms with van der Waals surface area (Å²) in [7, 11) is -3.69. The van der Waals surface area contributed by atoms with Crippen LogP contribution in [-0.2, 0) is 16.6 Å². The number of primary amides is 1. The molecule has 2 amide bonds. The molecule has 8 heteroatoms. The van der Waals surface area contributed by atoms with E-state index < -0.39 is 15.9 Å². The standard InChI is InChI=1S/C21H19N3O4S/c22-20(25)17-6-4-5-15(13-17)14-23-21(26)16-9-11-18(12-10-16)24-29(27,28)19-7-2-1-3-8-19/h1-13,24H,14H2,(H2,22,25)(H,23,26). The fourth-order valence-electron chi connectivity index (χ4n) is 2.62. The van der Waals surface area contributed by atoms with Crippen molar-refractivity contribution in [2.45, 2.75) is 11.4 Å². The Balaban J connectivity index is 1.63. The van der Waals surface area contributed by atoms with Gasteiger partial charge in [-0.1, -0.05) is 30.3 Å². The zero-order chi connectivity index (χ0) is 20.9. The maximum atomic E-state index is 12.3. The van der Waals surface area contributed by atoms with Crippen LogP contribution in [0.15, 0.2) is 83.8 Å². The second-order valence-electron chi connectivity index (χ2n) is 6.24. The van der Waals surface area contributed by atoms with Crippen LogP contribution in [-0.4, -0.2) is 20.2 Å². The lowest BCUT2D eigenvalue weighted by Gasteiger charge is -2.09. The van der Waals surface area contributed by atoms with Crippen LogP contribution in [0.5, 0.6) is 0 Å². The van der Waals surface area contributed by atoms with Gasteiger partial charge in [0.2, 0.25) is 5.91 Å². The molecule has 0 atom stereocenters. The van der Waals surface area contributed by atoms with Crippen LogP contribution in [0.4, 0.5) is 5.69 Å². The van der Waals surface area contributed by atoms with Gasteiger partial charge in [0.1, 0.15) is 0 Å². The van der Waals surface area contributed by atoms with Crippen LogP contribution in [0, 0.1) is 0 Å². The lowest BCUT2D eigenvalue weighted by atomic mass is 10.1. The van der Waals surface area contributed by atoms with Crippen LogP contribution >= 0.6 is 0 Å². The number of benzene rings is 3. The molecule has 0 bridgehead atoms. The number of sulfonamides is 1. The van der Waals surface area contributed by atoms with E-state index >= 15 is 0 Å². The summed E-state index contributed by atoms with van der Waals surface area (Å²) in [6.45, 7) is 0.225. The summed E-state index contributed by atoms with van der Waals surface area (Å²) in [6.07, 6.45) is 0. The molecule has 0 aromatic heterocycles.